The summed E-state index contributed by atoms with van der Waals surface area (Å²) >= 11 is 0. The van der Waals surface area contributed by atoms with E-state index in [4.69, 9.17) is 9.47 Å². The molecule has 1 saturated heterocycles. The quantitative estimate of drug-likeness (QED) is 0.621. The van der Waals surface area contributed by atoms with E-state index in [0.29, 0.717) is 12.0 Å². The molecule has 11 heavy (non-hydrogen) atoms. The fraction of sp³-hybridized carbons (Fsp3) is 0.889. The van der Waals surface area contributed by atoms with Crippen molar-refractivity contribution in [3.8, 4) is 0 Å². The Kier molecular flexibility index (Phi) is 3.87. The molecule has 0 aromatic heterocycles. The monoisotopic (exact) mass is 156 g/mol. The zero-order valence-corrected chi connectivity index (χ0v) is 7.30. The third-order valence-corrected chi connectivity index (χ3v) is 2.07. The highest BCUT2D eigenvalue weighted by Crippen LogP contribution is 2.22. The van der Waals surface area contributed by atoms with Gasteiger partial charge in [0.05, 0.1) is 6.10 Å². The van der Waals surface area contributed by atoms with Crippen molar-refractivity contribution in [2.75, 3.05) is 13.7 Å². The van der Waals surface area contributed by atoms with Gasteiger partial charge >= 0.3 is 0 Å². The topological polar surface area (TPSA) is 18.5 Å². The van der Waals surface area contributed by atoms with Crippen LogP contribution in [0.5, 0.6) is 0 Å². The maximum absolute atomic E-state index is 5.16. The lowest BCUT2D eigenvalue weighted by Crippen LogP contribution is -2.18. The van der Waals surface area contributed by atoms with Crippen LogP contribution >= 0.6 is 0 Å². The third-order valence-electron chi connectivity index (χ3n) is 2.07. The molecule has 0 bridgehead atoms. The molecule has 2 heteroatoms. The van der Waals surface area contributed by atoms with Gasteiger partial charge in [0, 0.05) is 13.7 Å². The number of hydrogen-bond donors (Lipinski definition) is 0. The van der Waals surface area contributed by atoms with Crippen LogP contribution < -0.4 is 0 Å². The molecule has 0 aliphatic carbocycles. The van der Waals surface area contributed by atoms with Crippen molar-refractivity contribution in [3.05, 3.63) is 6.61 Å². The van der Waals surface area contributed by atoms with Gasteiger partial charge in [0.15, 0.2) is 0 Å². The van der Waals surface area contributed by atoms with Gasteiger partial charge in [-0.2, -0.15) is 0 Å². The van der Waals surface area contributed by atoms with Crippen LogP contribution in [0.15, 0.2) is 0 Å². The minimum absolute atomic E-state index is 0.328. The molecule has 1 aliphatic rings. The van der Waals surface area contributed by atoms with E-state index in [1.165, 1.54) is 6.42 Å². The summed E-state index contributed by atoms with van der Waals surface area (Å²) in [7, 11) is 1.74. The van der Waals surface area contributed by atoms with Crippen molar-refractivity contribution in [3.63, 3.8) is 0 Å². The lowest BCUT2D eigenvalue weighted by Gasteiger charge is -2.22. The first-order chi connectivity index (χ1) is 5.33. The zero-order valence-electron chi connectivity index (χ0n) is 7.30. The molecule has 1 rings (SSSR count). The number of hydrogen-bond acceptors (Lipinski definition) is 2. The van der Waals surface area contributed by atoms with E-state index in [-0.39, 0.29) is 0 Å². The molecule has 1 heterocycles. The lowest BCUT2D eigenvalue weighted by molar-refractivity contribution is 0.0591. The predicted molar refractivity (Wildman–Crippen MR) is 43.0 cm³/mol. The Morgan fingerprint density at radius 3 is 3.09 bits per heavy atom. The van der Waals surface area contributed by atoms with Gasteiger partial charge in [-0.25, -0.2) is 0 Å². The second-order valence-corrected chi connectivity index (χ2v) is 3.09. The molecule has 0 saturated carbocycles. The predicted octanol–water partition coefficient (Wildman–Crippen LogP) is 1.88. The van der Waals surface area contributed by atoms with Crippen molar-refractivity contribution in [1.82, 2.24) is 0 Å². The summed E-state index contributed by atoms with van der Waals surface area (Å²) in [5.41, 5.74) is 0. The Bertz CT molecular complexity index is 97.7. The summed E-state index contributed by atoms with van der Waals surface area (Å²) < 4.78 is 10.3. The summed E-state index contributed by atoms with van der Waals surface area (Å²) in [5.74, 6) is 0.485. The summed E-state index contributed by atoms with van der Waals surface area (Å²) in [6.45, 7) is 5.93. The average molecular weight is 156 g/mol. The molecular formula is C9H16O2. The number of methoxy groups -OCH3 is 1. The van der Waals surface area contributed by atoms with Crippen LogP contribution in [0, 0.1) is 12.5 Å². The molecule has 1 fully saturated rings. The molecule has 0 N–H and O–H groups in total. The Labute approximate surface area is 68.9 Å². The van der Waals surface area contributed by atoms with Crippen LogP contribution in [-0.2, 0) is 9.47 Å². The lowest BCUT2D eigenvalue weighted by atomic mass is 9.96. The van der Waals surface area contributed by atoms with Crippen LogP contribution in [0.2, 0.25) is 0 Å². The minimum atomic E-state index is 0.328. The smallest absolute Gasteiger partial charge is 0.135 e. The third kappa shape index (κ3) is 3.21. The Balaban J connectivity index is 2.13. The van der Waals surface area contributed by atoms with E-state index in [2.05, 4.69) is 13.5 Å². The molecule has 2 radical (unpaired) electrons. The molecular weight excluding hydrogens is 140 g/mol. The standard InChI is InChI=1S/C9H16O2/c1-8(10-2)6-9-4-3-5-11-7-9/h8-9H,3-6H2,1-2H3. The number of rotatable bonds is 3. The van der Waals surface area contributed by atoms with Gasteiger partial charge in [0.25, 0.3) is 0 Å². The maximum Gasteiger partial charge on any atom is 0.135 e. The molecule has 0 spiro atoms. The van der Waals surface area contributed by atoms with E-state index in [1.807, 2.05) is 0 Å². The van der Waals surface area contributed by atoms with E-state index >= 15 is 0 Å². The Morgan fingerprint density at radius 1 is 1.73 bits per heavy atom. The fourth-order valence-electron chi connectivity index (χ4n) is 1.30. The normalized spacial score (nSPS) is 28.4. The summed E-state index contributed by atoms with van der Waals surface area (Å²) in [5, 5.41) is 0. The second kappa shape index (κ2) is 4.73. The van der Waals surface area contributed by atoms with Gasteiger partial charge in [-0.3, -0.25) is 0 Å². The maximum atomic E-state index is 5.16. The molecule has 0 aromatic rings. The van der Waals surface area contributed by atoms with E-state index < -0.39 is 0 Å². The average Bonchev–Trinajstić information content (AvgIpc) is 2.06. The fourth-order valence-corrected chi connectivity index (χ4v) is 1.30. The van der Waals surface area contributed by atoms with Crippen molar-refractivity contribution in [2.45, 2.75) is 32.3 Å². The van der Waals surface area contributed by atoms with Crippen LogP contribution in [-0.4, -0.2) is 19.8 Å². The first-order valence-corrected chi connectivity index (χ1v) is 4.23. The molecule has 0 aromatic carbocycles. The van der Waals surface area contributed by atoms with Crippen molar-refractivity contribution < 1.29 is 9.47 Å². The van der Waals surface area contributed by atoms with Crippen LogP contribution in [0.4, 0.5) is 0 Å². The van der Waals surface area contributed by atoms with E-state index in [9.17, 15) is 0 Å². The summed E-state index contributed by atoms with van der Waals surface area (Å²) in [4.78, 5) is 0. The molecule has 0 amide bonds. The second-order valence-electron chi connectivity index (χ2n) is 3.09. The largest absolute Gasteiger partial charge is 0.382 e. The van der Waals surface area contributed by atoms with Gasteiger partial charge in [-0.05, 0) is 32.1 Å². The molecule has 64 valence electrons. The highest BCUT2D eigenvalue weighted by Gasteiger charge is 2.17. The van der Waals surface area contributed by atoms with Crippen molar-refractivity contribution >= 4 is 0 Å². The van der Waals surface area contributed by atoms with Crippen LogP contribution in [0.25, 0.3) is 0 Å². The minimum Gasteiger partial charge on any atom is -0.382 e. The highest BCUT2D eigenvalue weighted by molar-refractivity contribution is 4.74. The van der Waals surface area contributed by atoms with Crippen molar-refractivity contribution in [1.29, 1.82) is 0 Å². The molecule has 2 nitrogen and oxygen atoms in total. The highest BCUT2D eigenvalue weighted by atomic mass is 16.5. The first-order valence-electron chi connectivity index (χ1n) is 4.23. The van der Waals surface area contributed by atoms with Gasteiger partial charge < -0.3 is 9.47 Å². The molecule has 2 unspecified atom stereocenters. The van der Waals surface area contributed by atoms with E-state index in [1.54, 1.807) is 7.11 Å². The van der Waals surface area contributed by atoms with E-state index in [0.717, 1.165) is 19.4 Å². The SMILES string of the molecule is COC(C)CC1[C]OCCC1. The van der Waals surface area contributed by atoms with Gasteiger partial charge in [0.2, 0.25) is 0 Å². The van der Waals surface area contributed by atoms with Crippen LogP contribution in [0.3, 0.4) is 0 Å². The van der Waals surface area contributed by atoms with Crippen molar-refractivity contribution in [2.24, 2.45) is 5.92 Å². The molecule has 2 atom stereocenters. The Morgan fingerprint density at radius 2 is 2.55 bits per heavy atom. The first kappa shape index (κ1) is 9.01. The summed E-state index contributed by atoms with van der Waals surface area (Å²) in [6, 6.07) is 0. The molecule has 1 aliphatic heterocycles. The zero-order chi connectivity index (χ0) is 8.10. The van der Waals surface area contributed by atoms with Crippen LogP contribution in [0.1, 0.15) is 26.2 Å². The van der Waals surface area contributed by atoms with Gasteiger partial charge in [-0.15, -0.1) is 0 Å². The number of ether oxygens (including phenoxy) is 2. The van der Waals surface area contributed by atoms with Gasteiger partial charge in [0.1, 0.15) is 6.61 Å². The Hall–Kier alpha value is -0.0800. The van der Waals surface area contributed by atoms with Gasteiger partial charge in [-0.1, -0.05) is 0 Å². The summed E-state index contributed by atoms with van der Waals surface area (Å²) in [6.07, 6.45) is 3.73.